The SMILES string of the molecule is CC(=O)OC1=C(N2C(=O)CCC2=O)OC(C)(c2c(F)cccc2Cl)C1=O. The normalized spacial score (nSPS) is 22.9. The molecule has 2 amide bonds. The lowest BCUT2D eigenvalue weighted by atomic mass is 9.91. The molecular formula is C17H13ClFNO6. The number of ether oxygens (including phenoxy) is 2. The van der Waals surface area contributed by atoms with Gasteiger partial charge < -0.3 is 9.47 Å². The molecule has 0 aliphatic carbocycles. The van der Waals surface area contributed by atoms with E-state index in [1.807, 2.05) is 0 Å². The molecule has 1 atom stereocenters. The summed E-state index contributed by atoms with van der Waals surface area (Å²) in [5.74, 6) is -5.02. The Hall–Kier alpha value is -2.74. The first-order valence-electron chi connectivity index (χ1n) is 7.63. The number of carbonyl (C=O) groups excluding carboxylic acids is 4. The van der Waals surface area contributed by atoms with Crippen molar-refractivity contribution in [2.24, 2.45) is 0 Å². The maximum absolute atomic E-state index is 14.4. The Balaban J connectivity index is 2.15. The van der Waals surface area contributed by atoms with Crippen LogP contribution in [0.4, 0.5) is 4.39 Å². The van der Waals surface area contributed by atoms with Gasteiger partial charge in [-0.1, -0.05) is 17.7 Å². The fourth-order valence-electron chi connectivity index (χ4n) is 2.90. The zero-order valence-electron chi connectivity index (χ0n) is 13.8. The Kier molecular flexibility index (Phi) is 4.31. The van der Waals surface area contributed by atoms with E-state index in [1.165, 1.54) is 19.1 Å². The van der Waals surface area contributed by atoms with Gasteiger partial charge in [0.05, 0.1) is 10.6 Å². The van der Waals surface area contributed by atoms with Crippen LogP contribution in [0.25, 0.3) is 0 Å². The lowest BCUT2D eigenvalue weighted by Gasteiger charge is -2.26. The molecule has 26 heavy (non-hydrogen) atoms. The summed E-state index contributed by atoms with van der Waals surface area (Å²) in [6.45, 7) is 2.26. The number of halogens is 2. The first kappa shape index (κ1) is 18.1. The maximum atomic E-state index is 14.4. The van der Waals surface area contributed by atoms with Crippen LogP contribution in [0.1, 0.15) is 32.3 Å². The van der Waals surface area contributed by atoms with Crippen LogP contribution in [0.3, 0.4) is 0 Å². The van der Waals surface area contributed by atoms with E-state index in [4.69, 9.17) is 21.1 Å². The molecule has 1 aromatic rings. The van der Waals surface area contributed by atoms with Gasteiger partial charge in [-0.2, -0.15) is 0 Å². The predicted molar refractivity (Wildman–Crippen MR) is 84.7 cm³/mol. The van der Waals surface area contributed by atoms with E-state index < -0.39 is 46.6 Å². The van der Waals surface area contributed by atoms with E-state index in [0.29, 0.717) is 4.90 Å². The molecule has 1 saturated heterocycles. The second-order valence-electron chi connectivity index (χ2n) is 5.91. The van der Waals surface area contributed by atoms with Gasteiger partial charge >= 0.3 is 5.97 Å². The van der Waals surface area contributed by atoms with Crippen LogP contribution in [0.15, 0.2) is 29.8 Å². The van der Waals surface area contributed by atoms with Crippen LogP contribution < -0.4 is 0 Å². The largest absolute Gasteiger partial charge is 0.456 e. The molecule has 7 nitrogen and oxygen atoms in total. The van der Waals surface area contributed by atoms with Gasteiger partial charge in [0.25, 0.3) is 11.7 Å². The molecule has 2 aliphatic rings. The Morgan fingerprint density at radius 1 is 1.27 bits per heavy atom. The maximum Gasteiger partial charge on any atom is 0.308 e. The molecule has 0 spiro atoms. The van der Waals surface area contributed by atoms with Crippen molar-refractivity contribution in [3.05, 3.63) is 46.2 Å². The van der Waals surface area contributed by atoms with E-state index in [1.54, 1.807) is 0 Å². The summed E-state index contributed by atoms with van der Waals surface area (Å²) in [6, 6.07) is 3.79. The molecule has 0 radical (unpaired) electrons. The van der Waals surface area contributed by atoms with Crippen LogP contribution >= 0.6 is 11.6 Å². The highest BCUT2D eigenvalue weighted by Gasteiger charge is 2.55. The van der Waals surface area contributed by atoms with E-state index in [9.17, 15) is 23.6 Å². The summed E-state index contributed by atoms with van der Waals surface area (Å²) in [7, 11) is 0. The van der Waals surface area contributed by atoms with E-state index in [2.05, 4.69) is 0 Å². The van der Waals surface area contributed by atoms with Crippen molar-refractivity contribution in [3.63, 3.8) is 0 Å². The molecular weight excluding hydrogens is 369 g/mol. The van der Waals surface area contributed by atoms with Crippen molar-refractivity contribution < 1.29 is 33.0 Å². The molecule has 2 heterocycles. The second kappa shape index (κ2) is 6.21. The fourth-order valence-corrected chi connectivity index (χ4v) is 3.25. The first-order chi connectivity index (χ1) is 12.2. The number of hydrogen-bond acceptors (Lipinski definition) is 6. The van der Waals surface area contributed by atoms with Crippen molar-refractivity contribution in [1.29, 1.82) is 0 Å². The highest BCUT2D eigenvalue weighted by atomic mass is 35.5. The zero-order chi connectivity index (χ0) is 19.2. The quantitative estimate of drug-likeness (QED) is 0.589. The second-order valence-corrected chi connectivity index (χ2v) is 6.32. The standard InChI is InChI=1S/C17H13ClFNO6/c1-8(21)25-14-15(24)17(2,13-9(18)4-3-5-10(13)19)26-16(14)20-11(22)6-7-12(20)23/h3-5H,6-7H2,1-2H3. The third-order valence-corrected chi connectivity index (χ3v) is 4.39. The number of ketones is 1. The lowest BCUT2D eigenvalue weighted by molar-refractivity contribution is -0.144. The highest BCUT2D eigenvalue weighted by Crippen LogP contribution is 2.44. The van der Waals surface area contributed by atoms with Crippen LogP contribution in [-0.4, -0.2) is 28.5 Å². The number of imide groups is 1. The topological polar surface area (TPSA) is 90.0 Å². The van der Waals surface area contributed by atoms with Gasteiger partial charge in [0.2, 0.25) is 23.2 Å². The minimum absolute atomic E-state index is 0.0790. The summed E-state index contributed by atoms with van der Waals surface area (Å²) < 4.78 is 24.8. The molecule has 0 aromatic heterocycles. The predicted octanol–water partition coefficient (Wildman–Crippen LogP) is 2.17. The van der Waals surface area contributed by atoms with Gasteiger partial charge in [0.15, 0.2) is 0 Å². The van der Waals surface area contributed by atoms with Crippen molar-refractivity contribution in [1.82, 2.24) is 4.90 Å². The molecule has 1 aromatic carbocycles. The van der Waals surface area contributed by atoms with Crippen LogP contribution in [0.5, 0.6) is 0 Å². The smallest absolute Gasteiger partial charge is 0.308 e. The van der Waals surface area contributed by atoms with Crippen LogP contribution in [-0.2, 0) is 34.3 Å². The molecule has 1 unspecified atom stereocenters. The van der Waals surface area contributed by atoms with E-state index in [-0.39, 0.29) is 23.4 Å². The zero-order valence-corrected chi connectivity index (χ0v) is 14.6. The van der Waals surface area contributed by atoms with E-state index >= 15 is 0 Å². The number of carbonyl (C=O) groups is 4. The molecule has 136 valence electrons. The van der Waals surface area contributed by atoms with Crippen molar-refractivity contribution in [2.45, 2.75) is 32.3 Å². The number of amides is 2. The van der Waals surface area contributed by atoms with Gasteiger partial charge in [0, 0.05) is 19.8 Å². The molecule has 0 saturated carbocycles. The number of benzene rings is 1. The Bertz CT molecular complexity index is 859. The number of Topliss-reactive ketones (excluding diaryl/α,β-unsaturated/α-hetero) is 1. The summed E-state index contributed by atoms with van der Waals surface area (Å²) >= 11 is 6.04. The molecule has 9 heteroatoms. The number of hydrogen-bond donors (Lipinski definition) is 0. The third-order valence-electron chi connectivity index (χ3n) is 4.07. The van der Waals surface area contributed by atoms with Gasteiger partial charge in [-0.3, -0.25) is 19.2 Å². The van der Waals surface area contributed by atoms with Gasteiger partial charge in [0.1, 0.15) is 5.82 Å². The van der Waals surface area contributed by atoms with E-state index in [0.717, 1.165) is 13.0 Å². The van der Waals surface area contributed by atoms with Crippen LogP contribution in [0, 0.1) is 5.82 Å². The van der Waals surface area contributed by atoms with Crippen molar-refractivity contribution in [3.8, 4) is 0 Å². The fraction of sp³-hybridized carbons (Fsp3) is 0.294. The third kappa shape index (κ3) is 2.66. The van der Waals surface area contributed by atoms with Crippen molar-refractivity contribution in [2.75, 3.05) is 0 Å². The Labute approximate surface area is 152 Å². The molecule has 1 fully saturated rings. The average molecular weight is 382 g/mol. The highest BCUT2D eigenvalue weighted by molar-refractivity contribution is 6.32. The number of nitrogens with zero attached hydrogens (tertiary/aromatic N) is 1. The number of likely N-dealkylation sites (tertiary alicyclic amines) is 1. The summed E-state index contributed by atoms with van der Waals surface area (Å²) in [4.78, 5) is 49.0. The van der Waals surface area contributed by atoms with Gasteiger partial charge in [-0.05, 0) is 19.1 Å². The summed E-state index contributed by atoms with van der Waals surface area (Å²) in [6.07, 6.45) is -0.158. The number of rotatable bonds is 3. The molecule has 0 bridgehead atoms. The summed E-state index contributed by atoms with van der Waals surface area (Å²) in [5, 5.41) is -0.0941. The van der Waals surface area contributed by atoms with Gasteiger partial charge in [-0.25, -0.2) is 9.29 Å². The molecule has 3 rings (SSSR count). The monoisotopic (exact) mass is 381 g/mol. The minimum atomic E-state index is -2.01. The van der Waals surface area contributed by atoms with Gasteiger partial charge in [-0.15, -0.1) is 0 Å². The lowest BCUT2D eigenvalue weighted by Crippen LogP contribution is -2.35. The molecule has 0 N–H and O–H groups in total. The Morgan fingerprint density at radius 2 is 1.88 bits per heavy atom. The Morgan fingerprint density at radius 3 is 2.42 bits per heavy atom. The average Bonchev–Trinajstić information content (AvgIpc) is 2.99. The first-order valence-corrected chi connectivity index (χ1v) is 8.01. The van der Waals surface area contributed by atoms with Crippen LogP contribution in [0.2, 0.25) is 5.02 Å². The molecule has 2 aliphatic heterocycles. The van der Waals surface area contributed by atoms with Crippen molar-refractivity contribution >= 4 is 35.2 Å². The minimum Gasteiger partial charge on any atom is -0.456 e. The summed E-state index contributed by atoms with van der Waals surface area (Å²) in [5.41, 5.74) is -2.29. The number of esters is 1.